The van der Waals surface area contributed by atoms with E-state index >= 15 is 0 Å². The molecule has 0 saturated carbocycles. The van der Waals surface area contributed by atoms with E-state index in [1.54, 1.807) is 0 Å². The van der Waals surface area contributed by atoms with Crippen LogP contribution in [0.25, 0.3) is 0 Å². The van der Waals surface area contributed by atoms with Crippen molar-refractivity contribution >= 4 is 0 Å². The van der Waals surface area contributed by atoms with Crippen LogP contribution in [0.3, 0.4) is 0 Å². The molecule has 0 atom stereocenters. The highest BCUT2D eigenvalue weighted by molar-refractivity contribution is 5.27. The summed E-state index contributed by atoms with van der Waals surface area (Å²) in [6.45, 7) is -0.237. The maximum absolute atomic E-state index is 12.7. The highest BCUT2D eigenvalue weighted by atomic mass is 19.4. The molecule has 88 valence electrons. The van der Waals surface area contributed by atoms with Crippen LogP contribution in [-0.4, -0.2) is 6.54 Å². The first-order valence-corrected chi connectivity index (χ1v) is 4.64. The van der Waals surface area contributed by atoms with Gasteiger partial charge in [0.2, 0.25) is 0 Å². The molecule has 0 aliphatic rings. The predicted molar refractivity (Wildman–Crippen MR) is 53.4 cm³/mol. The smallest absolute Gasteiger partial charge is 0.325 e. The van der Waals surface area contributed by atoms with Crippen LogP contribution in [-0.2, 0) is 12.6 Å². The van der Waals surface area contributed by atoms with Crippen LogP contribution < -0.4 is 5.73 Å². The Morgan fingerprint density at radius 2 is 2.00 bits per heavy atom. The largest absolute Gasteiger partial charge is 0.416 e. The number of hydrogen-bond acceptors (Lipinski definition) is 1. The summed E-state index contributed by atoms with van der Waals surface area (Å²) < 4.78 is 49.6. The molecule has 1 aromatic carbocycles. The Labute approximate surface area is 90.6 Å². The third-order valence-corrected chi connectivity index (χ3v) is 2.01. The third kappa shape index (κ3) is 3.66. The van der Waals surface area contributed by atoms with E-state index in [0.717, 1.165) is 12.1 Å². The van der Waals surface area contributed by atoms with E-state index in [4.69, 9.17) is 5.73 Å². The molecule has 0 radical (unpaired) electrons. The van der Waals surface area contributed by atoms with Crippen LogP contribution in [0.15, 0.2) is 36.2 Å². The molecule has 0 aliphatic heterocycles. The van der Waals surface area contributed by atoms with Crippen LogP contribution >= 0.6 is 0 Å². The van der Waals surface area contributed by atoms with Gasteiger partial charge < -0.3 is 5.73 Å². The Hall–Kier alpha value is -1.36. The van der Waals surface area contributed by atoms with Gasteiger partial charge in [0.25, 0.3) is 0 Å². The molecule has 0 fully saturated rings. The van der Waals surface area contributed by atoms with E-state index < -0.39 is 17.6 Å². The topological polar surface area (TPSA) is 26.0 Å². The second-order valence-electron chi connectivity index (χ2n) is 3.26. The molecule has 1 rings (SSSR count). The number of halogens is 4. The second-order valence-corrected chi connectivity index (χ2v) is 3.26. The Bertz CT molecular complexity index is 382. The van der Waals surface area contributed by atoms with Crippen LogP contribution in [0.4, 0.5) is 17.6 Å². The highest BCUT2D eigenvalue weighted by Crippen LogP contribution is 2.29. The Kier molecular flexibility index (Phi) is 4.06. The van der Waals surface area contributed by atoms with E-state index in [9.17, 15) is 17.6 Å². The molecule has 0 unspecified atom stereocenters. The molecular weight excluding hydrogens is 222 g/mol. The summed E-state index contributed by atoms with van der Waals surface area (Å²) in [6.07, 6.45) is -3.09. The predicted octanol–water partition coefficient (Wildman–Crippen LogP) is 3.06. The lowest BCUT2D eigenvalue weighted by Crippen LogP contribution is -2.05. The third-order valence-electron chi connectivity index (χ3n) is 2.01. The zero-order chi connectivity index (χ0) is 12.2. The standard InChI is InChI=1S/C11H11F4N/c12-10(7-16)5-4-8-2-1-3-9(6-8)11(13,14)15/h1-3,5-6H,4,7,16H2. The van der Waals surface area contributed by atoms with Crippen LogP contribution in [0.1, 0.15) is 11.1 Å². The average Bonchev–Trinajstić information content (AvgIpc) is 2.25. The highest BCUT2D eigenvalue weighted by Gasteiger charge is 2.30. The summed E-state index contributed by atoms with van der Waals surface area (Å²) in [7, 11) is 0. The molecule has 1 nitrogen and oxygen atoms in total. The second kappa shape index (κ2) is 5.12. The average molecular weight is 233 g/mol. The fraction of sp³-hybridized carbons (Fsp3) is 0.273. The summed E-state index contributed by atoms with van der Waals surface area (Å²) in [5, 5.41) is 0. The summed E-state index contributed by atoms with van der Waals surface area (Å²) in [4.78, 5) is 0. The summed E-state index contributed by atoms with van der Waals surface area (Å²) in [5.41, 5.74) is 4.68. The molecule has 5 heteroatoms. The van der Waals surface area contributed by atoms with Crippen LogP contribution in [0.2, 0.25) is 0 Å². The van der Waals surface area contributed by atoms with E-state index in [-0.39, 0.29) is 13.0 Å². The van der Waals surface area contributed by atoms with Gasteiger partial charge in [0, 0.05) is 6.54 Å². The lowest BCUT2D eigenvalue weighted by molar-refractivity contribution is -0.137. The molecule has 2 N–H and O–H groups in total. The maximum Gasteiger partial charge on any atom is 0.416 e. The molecule has 0 bridgehead atoms. The van der Waals surface area contributed by atoms with Gasteiger partial charge in [0.1, 0.15) is 5.83 Å². The van der Waals surface area contributed by atoms with Crippen molar-refractivity contribution in [3.05, 3.63) is 47.3 Å². The van der Waals surface area contributed by atoms with Crippen molar-refractivity contribution in [1.29, 1.82) is 0 Å². The van der Waals surface area contributed by atoms with Gasteiger partial charge in [-0.1, -0.05) is 18.2 Å². The van der Waals surface area contributed by atoms with Crippen LogP contribution in [0, 0.1) is 0 Å². The van der Waals surface area contributed by atoms with Crippen LogP contribution in [0.5, 0.6) is 0 Å². The van der Waals surface area contributed by atoms with Gasteiger partial charge in [-0.05, 0) is 24.1 Å². The number of alkyl halides is 3. The van der Waals surface area contributed by atoms with Crippen molar-refractivity contribution in [2.24, 2.45) is 5.73 Å². The van der Waals surface area contributed by atoms with E-state index in [1.165, 1.54) is 18.2 Å². The molecule has 0 aliphatic carbocycles. The molecular formula is C11H11F4N. The van der Waals surface area contributed by atoms with Gasteiger partial charge in [-0.3, -0.25) is 0 Å². The molecule has 0 spiro atoms. The monoisotopic (exact) mass is 233 g/mol. The van der Waals surface area contributed by atoms with E-state index in [0.29, 0.717) is 5.56 Å². The van der Waals surface area contributed by atoms with Crippen molar-refractivity contribution in [2.75, 3.05) is 6.54 Å². The number of hydrogen-bond donors (Lipinski definition) is 1. The van der Waals surface area contributed by atoms with Crippen molar-refractivity contribution in [3.8, 4) is 0 Å². The first-order valence-electron chi connectivity index (χ1n) is 4.64. The van der Waals surface area contributed by atoms with Crippen molar-refractivity contribution < 1.29 is 17.6 Å². The molecule has 0 saturated heterocycles. The first kappa shape index (κ1) is 12.7. The fourth-order valence-corrected chi connectivity index (χ4v) is 1.19. The van der Waals surface area contributed by atoms with Gasteiger partial charge in [0.15, 0.2) is 0 Å². The zero-order valence-corrected chi connectivity index (χ0v) is 8.39. The number of rotatable bonds is 3. The maximum atomic E-state index is 12.7. The van der Waals surface area contributed by atoms with Gasteiger partial charge in [-0.15, -0.1) is 0 Å². The molecule has 0 aromatic heterocycles. The number of allylic oxidation sites excluding steroid dienone is 1. The quantitative estimate of drug-likeness (QED) is 0.798. The Morgan fingerprint density at radius 1 is 1.31 bits per heavy atom. The molecule has 1 aromatic rings. The molecule has 0 heterocycles. The zero-order valence-electron chi connectivity index (χ0n) is 8.39. The lowest BCUT2D eigenvalue weighted by Gasteiger charge is -2.07. The van der Waals surface area contributed by atoms with Gasteiger partial charge in [0.05, 0.1) is 5.56 Å². The summed E-state index contributed by atoms with van der Waals surface area (Å²) in [5.74, 6) is -0.530. The molecule has 16 heavy (non-hydrogen) atoms. The van der Waals surface area contributed by atoms with Crippen molar-refractivity contribution in [2.45, 2.75) is 12.6 Å². The summed E-state index contributed by atoms with van der Waals surface area (Å²) >= 11 is 0. The number of benzene rings is 1. The Morgan fingerprint density at radius 3 is 2.56 bits per heavy atom. The SMILES string of the molecule is NCC(F)=CCc1cccc(C(F)(F)F)c1. The minimum absolute atomic E-state index is 0.104. The minimum atomic E-state index is -4.37. The first-order chi connectivity index (χ1) is 7.43. The van der Waals surface area contributed by atoms with Gasteiger partial charge >= 0.3 is 6.18 Å². The van der Waals surface area contributed by atoms with Gasteiger partial charge in [-0.2, -0.15) is 13.2 Å². The minimum Gasteiger partial charge on any atom is -0.325 e. The summed E-state index contributed by atoms with van der Waals surface area (Å²) in [6, 6.07) is 4.79. The lowest BCUT2D eigenvalue weighted by atomic mass is 10.1. The van der Waals surface area contributed by atoms with E-state index in [1.807, 2.05) is 0 Å². The van der Waals surface area contributed by atoms with Crippen molar-refractivity contribution in [3.63, 3.8) is 0 Å². The molecule has 0 amide bonds. The normalized spacial score (nSPS) is 12.9. The Balaban J connectivity index is 2.84. The van der Waals surface area contributed by atoms with Crippen molar-refractivity contribution in [1.82, 2.24) is 0 Å². The van der Waals surface area contributed by atoms with Gasteiger partial charge in [-0.25, -0.2) is 4.39 Å². The fourth-order valence-electron chi connectivity index (χ4n) is 1.19. The van der Waals surface area contributed by atoms with E-state index in [2.05, 4.69) is 0 Å². The number of nitrogens with two attached hydrogens (primary N) is 1.